The summed E-state index contributed by atoms with van der Waals surface area (Å²) in [5, 5.41) is 3.23. The van der Waals surface area contributed by atoms with Crippen LogP contribution in [0.15, 0.2) is 18.2 Å². The second-order valence-electron chi connectivity index (χ2n) is 5.47. The van der Waals surface area contributed by atoms with Crippen LogP contribution in [-0.4, -0.2) is 25.9 Å². The molecule has 0 amide bonds. The summed E-state index contributed by atoms with van der Waals surface area (Å²) in [7, 11) is 1.68. The fourth-order valence-corrected chi connectivity index (χ4v) is 1.72. The molecule has 0 saturated heterocycles. The van der Waals surface area contributed by atoms with E-state index in [4.69, 9.17) is 9.47 Å². The molecule has 0 atom stereocenters. The van der Waals surface area contributed by atoms with Gasteiger partial charge in [-0.25, -0.2) is 4.39 Å². The maximum absolute atomic E-state index is 13.7. The predicted molar refractivity (Wildman–Crippen MR) is 79.1 cm³/mol. The second kappa shape index (κ2) is 8.35. The molecule has 0 fully saturated rings. The highest BCUT2D eigenvalue weighted by molar-refractivity contribution is 5.24. The fourth-order valence-electron chi connectivity index (χ4n) is 1.72. The summed E-state index contributed by atoms with van der Waals surface area (Å²) >= 11 is 0. The van der Waals surface area contributed by atoms with E-state index in [0.29, 0.717) is 18.8 Å². The molecule has 0 spiro atoms. The number of methoxy groups -OCH3 is 1. The second-order valence-corrected chi connectivity index (χ2v) is 5.47. The van der Waals surface area contributed by atoms with Crippen molar-refractivity contribution in [1.29, 1.82) is 0 Å². The van der Waals surface area contributed by atoms with Crippen molar-refractivity contribution in [3.05, 3.63) is 35.1 Å². The smallest absolute Gasteiger partial charge is 0.128 e. The van der Waals surface area contributed by atoms with E-state index in [9.17, 15) is 4.39 Å². The number of halogens is 1. The minimum absolute atomic E-state index is 0.203. The maximum Gasteiger partial charge on any atom is 0.128 e. The van der Waals surface area contributed by atoms with E-state index in [1.165, 1.54) is 6.07 Å². The lowest BCUT2D eigenvalue weighted by molar-refractivity contribution is -0.0127. The van der Waals surface area contributed by atoms with E-state index in [2.05, 4.69) is 5.32 Å². The number of hydrogen-bond donors (Lipinski definition) is 1. The first-order valence-electron chi connectivity index (χ1n) is 7.09. The van der Waals surface area contributed by atoms with Gasteiger partial charge in [0.05, 0.1) is 12.2 Å². The number of ether oxygens (including phenoxy) is 2. The zero-order valence-electron chi connectivity index (χ0n) is 13.0. The average molecular weight is 283 g/mol. The van der Waals surface area contributed by atoms with Gasteiger partial charge in [0, 0.05) is 25.8 Å². The Kier molecular flexibility index (Phi) is 7.13. The molecule has 1 aromatic rings. The van der Waals surface area contributed by atoms with Gasteiger partial charge in [-0.1, -0.05) is 13.0 Å². The van der Waals surface area contributed by atoms with Crippen LogP contribution in [0.5, 0.6) is 0 Å². The zero-order chi connectivity index (χ0) is 15.0. The third-order valence-electron chi connectivity index (χ3n) is 3.35. The minimum Gasteiger partial charge on any atom is -0.379 e. The van der Waals surface area contributed by atoms with E-state index < -0.39 is 0 Å². The SMILES string of the molecule is CCNCc1ccc(F)c(COCCC(C)(C)OC)c1. The Balaban J connectivity index is 2.46. The Hall–Kier alpha value is -0.970. The van der Waals surface area contributed by atoms with Crippen molar-refractivity contribution >= 4 is 0 Å². The molecule has 0 saturated carbocycles. The molecule has 20 heavy (non-hydrogen) atoms. The topological polar surface area (TPSA) is 30.5 Å². The van der Waals surface area contributed by atoms with Crippen molar-refractivity contribution in [3.8, 4) is 0 Å². The zero-order valence-corrected chi connectivity index (χ0v) is 13.0. The summed E-state index contributed by atoms with van der Waals surface area (Å²) in [6, 6.07) is 5.17. The molecule has 4 heteroatoms. The van der Waals surface area contributed by atoms with Gasteiger partial charge < -0.3 is 14.8 Å². The normalized spacial score (nSPS) is 11.8. The van der Waals surface area contributed by atoms with Gasteiger partial charge in [0.25, 0.3) is 0 Å². The molecule has 0 bridgehead atoms. The van der Waals surface area contributed by atoms with Crippen LogP contribution in [0.3, 0.4) is 0 Å². The molecule has 114 valence electrons. The summed E-state index contributed by atoms with van der Waals surface area (Å²) in [5.74, 6) is -0.212. The van der Waals surface area contributed by atoms with Gasteiger partial charge in [-0.3, -0.25) is 0 Å². The Bertz CT molecular complexity index is 407. The molecule has 3 nitrogen and oxygen atoms in total. The molecule has 0 radical (unpaired) electrons. The third-order valence-corrected chi connectivity index (χ3v) is 3.35. The van der Waals surface area contributed by atoms with Crippen LogP contribution < -0.4 is 5.32 Å². The predicted octanol–water partition coefficient (Wildman–Crippen LogP) is 3.27. The van der Waals surface area contributed by atoms with Crippen LogP contribution in [-0.2, 0) is 22.6 Å². The fraction of sp³-hybridized carbons (Fsp3) is 0.625. The Labute approximate surface area is 121 Å². The van der Waals surface area contributed by atoms with E-state index in [-0.39, 0.29) is 11.4 Å². The molecule has 1 rings (SSSR count). The Morgan fingerprint density at radius 2 is 2.05 bits per heavy atom. The molecule has 0 aliphatic rings. The highest BCUT2D eigenvalue weighted by Crippen LogP contribution is 2.15. The highest BCUT2D eigenvalue weighted by atomic mass is 19.1. The summed E-state index contributed by atoms with van der Waals surface area (Å²) in [4.78, 5) is 0. The molecule has 0 aromatic heterocycles. The number of rotatable bonds is 9. The summed E-state index contributed by atoms with van der Waals surface area (Å²) in [6.45, 7) is 8.56. The van der Waals surface area contributed by atoms with Gasteiger partial charge in [0.1, 0.15) is 5.82 Å². The standard InChI is InChI=1S/C16H26FNO2/c1-5-18-11-13-6-7-15(17)14(10-13)12-20-9-8-16(2,3)19-4/h6-7,10,18H,5,8-9,11-12H2,1-4H3. The van der Waals surface area contributed by atoms with Crippen LogP contribution in [0.1, 0.15) is 38.3 Å². The lowest BCUT2D eigenvalue weighted by Crippen LogP contribution is -2.24. The third kappa shape index (κ3) is 5.99. The summed E-state index contributed by atoms with van der Waals surface area (Å²) < 4.78 is 24.6. The first kappa shape index (κ1) is 17.1. The van der Waals surface area contributed by atoms with E-state index >= 15 is 0 Å². The van der Waals surface area contributed by atoms with E-state index in [1.807, 2.05) is 26.8 Å². The molecule has 0 heterocycles. The molecular formula is C16H26FNO2. The van der Waals surface area contributed by atoms with Crippen LogP contribution in [0.25, 0.3) is 0 Å². The molecule has 1 N–H and O–H groups in total. The van der Waals surface area contributed by atoms with Gasteiger partial charge in [-0.15, -0.1) is 0 Å². The summed E-state index contributed by atoms with van der Waals surface area (Å²) in [6.07, 6.45) is 0.780. The first-order chi connectivity index (χ1) is 9.48. The Morgan fingerprint density at radius 3 is 2.70 bits per heavy atom. The van der Waals surface area contributed by atoms with Crippen molar-refractivity contribution in [3.63, 3.8) is 0 Å². The summed E-state index contributed by atoms with van der Waals surface area (Å²) in [5.41, 5.74) is 1.48. The van der Waals surface area contributed by atoms with Gasteiger partial charge in [0.2, 0.25) is 0 Å². The number of benzene rings is 1. The lowest BCUT2D eigenvalue weighted by Gasteiger charge is -2.22. The van der Waals surface area contributed by atoms with Gasteiger partial charge in [0.15, 0.2) is 0 Å². The molecule has 0 aliphatic heterocycles. The first-order valence-corrected chi connectivity index (χ1v) is 7.09. The molecular weight excluding hydrogens is 257 g/mol. The van der Waals surface area contributed by atoms with E-state index in [1.54, 1.807) is 13.2 Å². The van der Waals surface area contributed by atoms with Crippen molar-refractivity contribution in [2.45, 2.75) is 45.9 Å². The van der Waals surface area contributed by atoms with E-state index in [0.717, 1.165) is 25.1 Å². The van der Waals surface area contributed by atoms with Gasteiger partial charge in [-0.05, 0) is 44.5 Å². The monoisotopic (exact) mass is 283 g/mol. The molecule has 1 aromatic carbocycles. The van der Waals surface area contributed by atoms with Crippen molar-refractivity contribution < 1.29 is 13.9 Å². The maximum atomic E-state index is 13.7. The van der Waals surface area contributed by atoms with Gasteiger partial charge in [-0.2, -0.15) is 0 Å². The van der Waals surface area contributed by atoms with Crippen molar-refractivity contribution in [1.82, 2.24) is 5.32 Å². The quantitative estimate of drug-likeness (QED) is 0.706. The minimum atomic E-state index is -0.212. The van der Waals surface area contributed by atoms with Crippen molar-refractivity contribution in [2.75, 3.05) is 20.3 Å². The number of nitrogens with one attached hydrogen (secondary N) is 1. The van der Waals surface area contributed by atoms with Crippen LogP contribution in [0.2, 0.25) is 0 Å². The van der Waals surface area contributed by atoms with Crippen LogP contribution in [0.4, 0.5) is 4.39 Å². The largest absolute Gasteiger partial charge is 0.379 e. The molecule has 0 unspecified atom stereocenters. The van der Waals surface area contributed by atoms with Crippen molar-refractivity contribution in [2.24, 2.45) is 0 Å². The van der Waals surface area contributed by atoms with Crippen LogP contribution >= 0.6 is 0 Å². The average Bonchev–Trinajstić information content (AvgIpc) is 2.44. The highest BCUT2D eigenvalue weighted by Gasteiger charge is 2.15. The lowest BCUT2D eigenvalue weighted by atomic mass is 10.1. The van der Waals surface area contributed by atoms with Gasteiger partial charge >= 0.3 is 0 Å². The molecule has 0 aliphatic carbocycles. The number of hydrogen-bond acceptors (Lipinski definition) is 3. The Morgan fingerprint density at radius 1 is 1.30 bits per heavy atom. The van der Waals surface area contributed by atoms with Crippen LogP contribution in [0, 0.1) is 5.82 Å².